The molecule has 2 aromatic carbocycles. The first-order valence-electron chi connectivity index (χ1n) is 9.42. The van der Waals surface area contributed by atoms with Crippen LogP contribution in [0.15, 0.2) is 48.5 Å². The molecule has 0 aliphatic carbocycles. The number of rotatable bonds is 2. The minimum atomic E-state index is -4.43. The Morgan fingerprint density at radius 2 is 1.69 bits per heavy atom. The van der Waals surface area contributed by atoms with Crippen molar-refractivity contribution in [2.45, 2.75) is 31.0 Å². The standard InChI is InChI=1S/C21H20F3N3O2/c22-21(23,24)15-7-5-14(6-8-15)13-18(28)27-17-4-2-1-3-16(17)20(26-19(27)29)9-11-25-12-10-20/h1-8,25H,9-13H2,(H,26,29). The van der Waals surface area contributed by atoms with Crippen molar-refractivity contribution in [2.75, 3.05) is 18.0 Å². The van der Waals surface area contributed by atoms with Gasteiger partial charge in [0, 0.05) is 5.56 Å². The van der Waals surface area contributed by atoms with Gasteiger partial charge in [-0.15, -0.1) is 0 Å². The Morgan fingerprint density at radius 3 is 2.34 bits per heavy atom. The molecule has 2 heterocycles. The van der Waals surface area contributed by atoms with E-state index in [1.807, 2.05) is 12.1 Å². The number of piperidine rings is 1. The number of carbonyl (C=O) groups is 2. The summed E-state index contributed by atoms with van der Waals surface area (Å²) in [6.07, 6.45) is -3.17. The Kier molecular flexibility index (Phi) is 4.82. The third-order valence-corrected chi connectivity index (χ3v) is 5.55. The van der Waals surface area contributed by atoms with Crippen LogP contribution in [-0.4, -0.2) is 25.0 Å². The Morgan fingerprint density at radius 1 is 1.03 bits per heavy atom. The van der Waals surface area contributed by atoms with Gasteiger partial charge in [0.05, 0.1) is 23.2 Å². The normalized spacial score (nSPS) is 18.3. The molecule has 29 heavy (non-hydrogen) atoms. The van der Waals surface area contributed by atoms with Crippen molar-refractivity contribution in [1.29, 1.82) is 0 Å². The third-order valence-electron chi connectivity index (χ3n) is 5.55. The number of anilines is 1. The number of amides is 3. The smallest absolute Gasteiger partial charge is 0.328 e. The Bertz CT molecular complexity index is 935. The average molecular weight is 403 g/mol. The molecule has 2 aliphatic rings. The highest BCUT2D eigenvalue weighted by Crippen LogP contribution is 2.40. The van der Waals surface area contributed by atoms with Gasteiger partial charge in [-0.1, -0.05) is 30.3 Å². The van der Waals surface area contributed by atoms with Crippen molar-refractivity contribution in [2.24, 2.45) is 0 Å². The number of hydrogen-bond acceptors (Lipinski definition) is 3. The monoisotopic (exact) mass is 403 g/mol. The summed E-state index contributed by atoms with van der Waals surface area (Å²) in [5, 5.41) is 6.28. The number of benzene rings is 2. The second kappa shape index (κ2) is 7.18. The molecule has 0 unspecified atom stereocenters. The fraction of sp³-hybridized carbons (Fsp3) is 0.333. The van der Waals surface area contributed by atoms with Crippen LogP contribution in [0.5, 0.6) is 0 Å². The highest BCUT2D eigenvalue weighted by Gasteiger charge is 2.44. The zero-order valence-electron chi connectivity index (χ0n) is 15.6. The number of carbonyl (C=O) groups excluding carboxylic acids is 2. The number of nitrogens with one attached hydrogen (secondary N) is 2. The Hall–Kier alpha value is -2.87. The molecule has 1 spiro atoms. The van der Waals surface area contributed by atoms with E-state index in [2.05, 4.69) is 10.6 Å². The van der Waals surface area contributed by atoms with Gasteiger partial charge in [0.1, 0.15) is 0 Å². The maximum absolute atomic E-state index is 12.9. The molecule has 3 amide bonds. The summed E-state index contributed by atoms with van der Waals surface area (Å²) in [7, 11) is 0. The van der Waals surface area contributed by atoms with Crippen molar-refractivity contribution in [1.82, 2.24) is 10.6 Å². The van der Waals surface area contributed by atoms with Crippen LogP contribution in [-0.2, 0) is 22.9 Å². The number of hydrogen-bond donors (Lipinski definition) is 2. The molecule has 0 bridgehead atoms. The van der Waals surface area contributed by atoms with Gasteiger partial charge in [-0.3, -0.25) is 4.79 Å². The van der Waals surface area contributed by atoms with Crippen LogP contribution >= 0.6 is 0 Å². The maximum Gasteiger partial charge on any atom is 0.416 e. The van der Waals surface area contributed by atoms with Crippen LogP contribution in [0.2, 0.25) is 0 Å². The van der Waals surface area contributed by atoms with Gasteiger partial charge in [-0.05, 0) is 49.7 Å². The fourth-order valence-corrected chi connectivity index (χ4v) is 4.07. The molecule has 1 saturated heterocycles. The van der Waals surface area contributed by atoms with E-state index in [9.17, 15) is 22.8 Å². The summed E-state index contributed by atoms with van der Waals surface area (Å²) in [6, 6.07) is 11.2. The number of imide groups is 1. The van der Waals surface area contributed by atoms with Gasteiger partial charge in [-0.25, -0.2) is 9.69 Å². The summed E-state index contributed by atoms with van der Waals surface area (Å²) < 4.78 is 38.2. The van der Waals surface area contributed by atoms with Crippen LogP contribution in [0, 0.1) is 0 Å². The van der Waals surface area contributed by atoms with Gasteiger partial charge in [0.15, 0.2) is 0 Å². The number of nitrogens with zero attached hydrogens (tertiary/aromatic N) is 1. The largest absolute Gasteiger partial charge is 0.416 e. The second-order valence-electron chi connectivity index (χ2n) is 7.38. The quantitative estimate of drug-likeness (QED) is 0.806. The van der Waals surface area contributed by atoms with E-state index >= 15 is 0 Å². The number of para-hydroxylation sites is 1. The average Bonchev–Trinajstić information content (AvgIpc) is 2.68. The fourth-order valence-electron chi connectivity index (χ4n) is 4.07. The molecular formula is C21H20F3N3O2. The molecule has 1 fully saturated rings. The first-order valence-corrected chi connectivity index (χ1v) is 9.42. The lowest BCUT2D eigenvalue weighted by Crippen LogP contribution is -2.61. The molecular weight excluding hydrogens is 383 g/mol. The van der Waals surface area contributed by atoms with Crippen molar-refractivity contribution in [3.8, 4) is 0 Å². The summed E-state index contributed by atoms with van der Waals surface area (Å²) in [6.45, 7) is 1.52. The highest BCUT2D eigenvalue weighted by atomic mass is 19.4. The first-order chi connectivity index (χ1) is 13.8. The maximum atomic E-state index is 12.9. The lowest BCUT2D eigenvalue weighted by Gasteiger charge is -2.45. The molecule has 0 aromatic heterocycles. The Balaban J connectivity index is 1.61. The summed E-state index contributed by atoms with van der Waals surface area (Å²) in [5.41, 5.74) is 0.555. The van der Waals surface area contributed by atoms with E-state index in [0.717, 1.165) is 48.5 Å². The van der Waals surface area contributed by atoms with E-state index < -0.39 is 29.2 Å². The molecule has 2 N–H and O–H groups in total. The molecule has 0 radical (unpaired) electrons. The molecule has 0 atom stereocenters. The number of fused-ring (bicyclic) bond motifs is 2. The van der Waals surface area contributed by atoms with E-state index in [-0.39, 0.29) is 6.42 Å². The van der Waals surface area contributed by atoms with Crippen LogP contribution in [0.1, 0.15) is 29.5 Å². The summed E-state index contributed by atoms with van der Waals surface area (Å²) in [5.74, 6) is -0.488. The minimum absolute atomic E-state index is 0.172. The van der Waals surface area contributed by atoms with Gasteiger partial charge >= 0.3 is 12.2 Å². The topological polar surface area (TPSA) is 61.4 Å². The number of urea groups is 1. The summed E-state index contributed by atoms with van der Waals surface area (Å²) in [4.78, 5) is 26.9. The first kappa shape index (κ1) is 19.4. The molecule has 5 nitrogen and oxygen atoms in total. The van der Waals surface area contributed by atoms with E-state index in [1.54, 1.807) is 12.1 Å². The van der Waals surface area contributed by atoms with Crippen molar-refractivity contribution in [3.05, 3.63) is 65.2 Å². The predicted octanol–water partition coefficient (Wildman–Crippen LogP) is 3.58. The molecule has 152 valence electrons. The third kappa shape index (κ3) is 3.60. The zero-order chi connectivity index (χ0) is 20.6. The lowest BCUT2D eigenvalue weighted by atomic mass is 9.79. The van der Waals surface area contributed by atoms with Gasteiger partial charge in [-0.2, -0.15) is 13.2 Å². The van der Waals surface area contributed by atoms with E-state index in [0.29, 0.717) is 11.3 Å². The van der Waals surface area contributed by atoms with Crippen LogP contribution in [0.25, 0.3) is 0 Å². The number of halogens is 3. The summed E-state index contributed by atoms with van der Waals surface area (Å²) >= 11 is 0. The van der Waals surface area contributed by atoms with Crippen LogP contribution in [0.4, 0.5) is 23.7 Å². The molecule has 2 aromatic rings. The lowest BCUT2D eigenvalue weighted by molar-refractivity contribution is -0.137. The zero-order valence-corrected chi connectivity index (χ0v) is 15.6. The SMILES string of the molecule is O=C(Cc1ccc(C(F)(F)F)cc1)N1C(=O)NC2(CCNCC2)c2ccccc21. The highest BCUT2D eigenvalue weighted by molar-refractivity contribution is 6.16. The van der Waals surface area contributed by atoms with E-state index in [1.165, 1.54) is 12.1 Å². The van der Waals surface area contributed by atoms with Gasteiger partial charge < -0.3 is 10.6 Å². The van der Waals surface area contributed by atoms with Crippen molar-refractivity contribution >= 4 is 17.6 Å². The van der Waals surface area contributed by atoms with Crippen molar-refractivity contribution < 1.29 is 22.8 Å². The van der Waals surface area contributed by atoms with Crippen LogP contribution in [0.3, 0.4) is 0 Å². The molecule has 2 aliphatic heterocycles. The molecule has 4 rings (SSSR count). The molecule has 0 saturated carbocycles. The predicted molar refractivity (Wildman–Crippen MR) is 101 cm³/mol. The number of alkyl halides is 3. The second-order valence-corrected chi connectivity index (χ2v) is 7.38. The van der Waals surface area contributed by atoms with Crippen molar-refractivity contribution in [3.63, 3.8) is 0 Å². The van der Waals surface area contributed by atoms with Crippen LogP contribution < -0.4 is 15.5 Å². The van der Waals surface area contributed by atoms with E-state index in [4.69, 9.17) is 0 Å². The van der Waals surface area contributed by atoms with Gasteiger partial charge in [0.2, 0.25) is 5.91 Å². The minimum Gasteiger partial charge on any atom is -0.328 e. The van der Waals surface area contributed by atoms with Gasteiger partial charge in [0.25, 0.3) is 0 Å². The Labute approximate surface area is 165 Å². The molecule has 8 heteroatoms.